The fraction of sp³-hybridized carbons (Fsp3) is 0.444. The maximum absolute atomic E-state index is 11.8. The van der Waals surface area contributed by atoms with Crippen LogP contribution in [-0.2, 0) is 12.8 Å². The topological polar surface area (TPSA) is 97.1 Å². The first-order chi connectivity index (χ1) is 11.9. The van der Waals surface area contributed by atoms with Crippen LogP contribution in [0.3, 0.4) is 0 Å². The molecule has 0 radical (unpaired) electrons. The summed E-state index contributed by atoms with van der Waals surface area (Å²) < 4.78 is 5.18. The molecule has 0 atom stereocenters. The maximum atomic E-state index is 11.8. The SMILES string of the molecule is CC(=O)c1ccc(NC(=O)NCCCc2nc(CC(C)C)no2)cc1. The summed E-state index contributed by atoms with van der Waals surface area (Å²) in [5, 5.41) is 9.43. The summed E-state index contributed by atoms with van der Waals surface area (Å²) in [4.78, 5) is 27.4. The first kappa shape index (κ1) is 18.6. The average molecular weight is 344 g/mol. The number of aromatic nitrogens is 2. The van der Waals surface area contributed by atoms with E-state index in [0.29, 0.717) is 42.4 Å². The average Bonchev–Trinajstić information content (AvgIpc) is 2.98. The van der Waals surface area contributed by atoms with Crippen molar-refractivity contribution < 1.29 is 14.1 Å². The second-order valence-corrected chi connectivity index (χ2v) is 6.32. The van der Waals surface area contributed by atoms with E-state index in [1.54, 1.807) is 24.3 Å². The zero-order chi connectivity index (χ0) is 18.2. The zero-order valence-electron chi connectivity index (χ0n) is 14.8. The van der Waals surface area contributed by atoms with Gasteiger partial charge in [-0.2, -0.15) is 4.98 Å². The minimum Gasteiger partial charge on any atom is -0.339 e. The number of hydrogen-bond donors (Lipinski definition) is 2. The molecule has 1 heterocycles. The third-order valence-electron chi connectivity index (χ3n) is 3.50. The van der Waals surface area contributed by atoms with E-state index in [1.807, 2.05) is 0 Å². The number of Topliss-reactive ketones (excluding diaryl/α,β-unsaturated/α-hetero) is 1. The fourth-order valence-electron chi connectivity index (χ4n) is 2.24. The molecule has 2 aromatic rings. The summed E-state index contributed by atoms with van der Waals surface area (Å²) in [5.74, 6) is 1.80. The molecule has 0 fully saturated rings. The molecule has 0 spiro atoms. The summed E-state index contributed by atoms with van der Waals surface area (Å²) in [6, 6.07) is 6.47. The van der Waals surface area contributed by atoms with Gasteiger partial charge in [0.25, 0.3) is 0 Å². The van der Waals surface area contributed by atoms with E-state index in [2.05, 4.69) is 34.6 Å². The van der Waals surface area contributed by atoms with E-state index in [4.69, 9.17) is 4.52 Å². The number of ketones is 1. The number of carbonyl (C=O) groups is 2. The van der Waals surface area contributed by atoms with E-state index < -0.39 is 0 Å². The molecule has 0 aliphatic rings. The number of rotatable bonds is 8. The molecule has 0 bridgehead atoms. The van der Waals surface area contributed by atoms with Crippen molar-refractivity contribution in [1.29, 1.82) is 0 Å². The lowest BCUT2D eigenvalue weighted by molar-refractivity contribution is 0.101. The Morgan fingerprint density at radius 3 is 2.56 bits per heavy atom. The largest absolute Gasteiger partial charge is 0.339 e. The summed E-state index contributed by atoms with van der Waals surface area (Å²) in [5.41, 5.74) is 1.25. The monoisotopic (exact) mass is 344 g/mol. The van der Waals surface area contributed by atoms with Crippen LogP contribution < -0.4 is 10.6 Å². The minimum atomic E-state index is -0.290. The Labute approximate surface area is 147 Å². The smallest absolute Gasteiger partial charge is 0.319 e. The Hall–Kier alpha value is -2.70. The van der Waals surface area contributed by atoms with Crippen LogP contribution in [0.4, 0.5) is 10.5 Å². The molecular weight excluding hydrogens is 320 g/mol. The molecule has 0 unspecified atom stereocenters. The van der Waals surface area contributed by atoms with E-state index in [0.717, 1.165) is 12.2 Å². The number of nitrogens with zero attached hydrogens (tertiary/aromatic N) is 2. The van der Waals surface area contributed by atoms with E-state index >= 15 is 0 Å². The van der Waals surface area contributed by atoms with Crippen molar-refractivity contribution in [2.24, 2.45) is 5.92 Å². The molecule has 2 amide bonds. The highest BCUT2D eigenvalue weighted by Gasteiger charge is 2.08. The molecule has 2 rings (SSSR count). The van der Waals surface area contributed by atoms with Crippen molar-refractivity contribution in [2.45, 2.75) is 40.0 Å². The molecule has 2 N–H and O–H groups in total. The quantitative estimate of drug-likeness (QED) is 0.566. The van der Waals surface area contributed by atoms with Gasteiger partial charge >= 0.3 is 6.03 Å². The number of benzene rings is 1. The lowest BCUT2D eigenvalue weighted by Crippen LogP contribution is -2.29. The van der Waals surface area contributed by atoms with Crippen LogP contribution in [0.15, 0.2) is 28.8 Å². The molecule has 0 aliphatic carbocycles. The summed E-state index contributed by atoms with van der Waals surface area (Å²) in [7, 11) is 0. The second kappa shape index (κ2) is 8.96. The molecule has 1 aromatic heterocycles. The van der Waals surface area contributed by atoms with Crippen molar-refractivity contribution in [3.05, 3.63) is 41.5 Å². The number of carbonyl (C=O) groups excluding carboxylic acids is 2. The molecule has 0 saturated heterocycles. The molecule has 0 saturated carbocycles. The summed E-state index contributed by atoms with van der Waals surface area (Å²) >= 11 is 0. The lowest BCUT2D eigenvalue weighted by Gasteiger charge is -2.07. The van der Waals surface area contributed by atoms with Crippen molar-refractivity contribution in [1.82, 2.24) is 15.5 Å². The molecule has 7 nitrogen and oxygen atoms in total. The molecule has 1 aromatic carbocycles. The van der Waals surface area contributed by atoms with Gasteiger partial charge in [0.2, 0.25) is 5.89 Å². The van der Waals surface area contributed by atoms with Crippen LogP contribution in [0.25, 0.3) is 0 Å². The van der Waals surface area contributed by atoms with Crippen molar-refractivity contribution >= 4 is 17.5 Å². The number of aryl methyl sites for hydroxylation is 1. The van der Waals surface area contributed by atoms with Crippen LogP contribution in [0.2, 0.25) is 0 Å². The van der Waals surface area contributed by atoms with Gasteiger partial charge in [0, 0.05) is 30.6 Å². The highest BCUT2D eigenvalue weighted by atomic mass is 16.5. The van der Waals surface area contributed by atoms with E-state index in [9.17, 15) is 9.59 Å². The van der Waals surface area contributed by atoms with Gasteiger partial charge in [-0.1, -0.05) is 19.0 Å². The fourth-order valence-corrected chi connectivity index (χ4v) is 2.24. The van der Waals surface area contributed by atoms with Crippen LogP contribution in [0.5, 0.6) is 0 Å². The van der Waals surface area contributed by atoms with Crippen LogP contribution in [0.1, 0.15) is 49.3 Å². The van der Waals surface area contributed by atoms with Gasteiger partial charge in [-0.25, -0.2) is 4.79 Å². The Balaban J connectivity index is 1.68. The highest BCUT2D eigenvalue weighted by molar-refractivity contribution is 5.95. The number of anilines is 1. The minimum absolute atomic E-state index is 0.00595. The first-order valence-corrected chi connectivity index (χ1v) is 8.41. The Morgan fingerprint density at radius 1 is 1.20 bits per heavy atom. The Morgan fingerprint density at radius 2 is 1.92 bits per heavy atom. The maximum Gasteiger partial charge on any atom is 0.319 e. The van der Waals surface area contributed by atoms with E-state index in [1.165, 1.54) is 6.92 Å². The third kappa shape index (κ3) is 6.37. The van der Waals surface area contributed by atoms with Crippen molar-refractivity contribution in [3.63, 3.8) is 0 Å². The van der Waals surface area contributed by atoms with E-state index in [-0.39, 0.29) is 11.8 Å². The molecule has 0 aliphatic heterocycles. The van der Waals surface area contributed by atoms with Crippen molar-refractivity contribution in [3.8, 4) is 0 Å². The number of urea groups is 1. The van der Waals surface area contributed by atoms with Crippen LogP contribution >= 0.6 is 0 Å². The first-order valence-electron chi connectivity index (χ1n) is 8.41. The standard InChI is InChI=1S/C18H24N4O3/c1-12(2)11-16-21-17(25-22-16)5-4-10-19-18(24)20-15-8-6-14(7-9-15)13(3)23/h6-9,12H,4-5,10-11H2,1-3H3,(H2,19,20,24). The number of nitrogens with one attached hydrogen (secondary N) is 2. The summed E-state index contributed by atoms with van der Waals surface area (Å²) in [6.07, 6.45) is 2.13. The normalized spacial score (nSPS) is 10.7. The van der Waals surface area contributed by atoms with Gasteiger partial charge in [0.1, 0.15) is 0 Å². The van der Waals surface area contributed by atoms with Gasteiger partial charge in [0.05, 0.1) is 0 Å². The van der Waals surface area contributed by atoms with Gasteiger partial charge < -0.3 is 15.2 Å². The number of hydrogen-bond acceptors (Lipinski definition) is 5. The van der Waals surface area contributed by atoms with Gasteiger partial charge in [0.15, 0.2) is 11.6 Å². The zero-order valence-corrected chi connectivity index (χ0v) is 14.8. The predicted octanol–water partition coefficient (Wildman–Crippen LogP) is 3.23. The van der Waals surface area contributed by atoms with Crippen LogP contribution in [-0.4, -0.2) is 28.5 Å². The third-order valence-corrected chi connectivity index (χ3v) is 3.50. The molecule has 25 heavy (non-hydrogen) atoms. The van der Waals surface area contributed by atoms with Gasteiger partial charge in [-0.3, -0.25) is 4.79 Å². The molecular formula is C18H24N4O3. The predicted molar refractivity (Wildman–Crippen MR) is 94.6 cm³/mol. The van der Waals surface area contributed by atoms with Gasteiger partial charge in [-0.05, 0) is 43.5 Å². The Kier molecular flexibility index (Phi) is 6.68. The second-order valence-electron chi connectivity index (χ2n) is 6.32. The van der Waals surface area contributed by atoms with Crippen LogP contribution in [0, 0.1) is 5.92 Å². The molecule has 7 heteroatoms. The van der Waals surface area contributed by atoms with Gasteiger partial charge in [-0.15, -0.1) is 0 Å². The lowest BCUT2D eigenvalue weighted by atomic mass is 10.1. The Bertz CT molecular complexity index is 707. The molecule has 134 valence electrons. The highest BCUT2D eigenvalue weighted by Crippen LogP contribution is 2.10. The van der Waals surface area contributed by atoms with Crippen molar-refractivity contribution in [2.75, 3.05) is 11.9 Å². The summed E-state index contributed by atoms with van der Waals surface area (Å²) in [6.45, 7) is 6.21. The number of amides is 2.